The van der Waals surface area contributed by atoms with Crippen LogP contribution in [0.15, 0.2) is 48.5 Å². The second kappa shape index (κ2) is 8.13. The monoisotopic (exact) mass is 401 g/mol. The molecule has 0 spiro atoms. The highest BCUT2D eigenvalue weighted by Gasteiger charge is 2.37. The number of ether oxygens (including phenoxy) is 1. The predicted octanol–water partition coefficient (Wildman–Crippen LogP) is 3.45. The molecular formula is C22H24FNO3S. The number of fused-ring (bicyclic) bond motifs is 1. The first-order valence-corrected chi connectivity index (χ1v) is 11.2. The lowest BCUT2D eigenvalue weighted by molar-refractivity contribution is -0.134. The number of carbonyl (C=O) groups excluding carboxylic acids is 1. The van der Waals surface area contributed by atoms with E-state index in [-0.39, 0.29) is 23.0 Å². The quantitative estimate of drug-likeness (QED) is 0.773. The topological polar surface area (TPSA) is 55.4 Å². The van der Waals surface area contributed by atoms with Gasteiger partial charge in [-0.05, 0) is 54.0 Å². The van der Waals surface area contributed by atoms with Gasteiger partial charge in [-0.15, -0.1) is 0 Å². The third-order valence-corrected chi connectivity index (χ3v) is 6.76. The highest BCUT2D eigenvalue weighted by Crippen LogP contribution is 2.36. The first kappa shape index (κ1) is 19.3. The molecule has 148 valence electrons. The van der Waals surface area contributed by atoms with Crippen molar-refractivity contribution in [2.45, 2.75) is 36.7 Å². The molecule has 0 saturated heterocycles. The smallest absolute Gasteiger partial charge is 0.254 e. The summed E-state index contributed by atoms with van der Waals surface area (Å²) in [4.78, 5) is 13.1. The van der Waals surface area contributed by atoms with E-state index < -0.39 is 16.9 Å². The molecule has 4 rings (SSSR count). The molecule has 2 aromatic carbocycles. The highest BCUT2D eigenvalue weighted by molar-refractivity contribution is 7.84. The Labute approximate surface area is 166 Å². The molecule has 0 heterocycles. The summed E-state index contributed by atoms with van der Waals surface area (Å²) >= 11 is 0. The van der Waals surface area contributed by atoms with E-state index in [2.05, 4.69) is 5.32 Å². The SMILES string of the molecule is CS(=O)C1c2ccccc2CC1NC(=O)C(OCC1CC1)c1ccc(F)cc1. The maximum atomic E-state index is 13.3. The van der Waals surface area contributed by atoms with Crippen molar-refractivity contribution in [2.24, 2.45) is 5.92 Å². The molecule has 0 aromatic heterocycles. The summed E-state index contributed by atoms with van der Waals surface area (Å²) in [6.07, 6.45) is 3.76. The highest BCUT2D eigenvalue weighted by atomic mass is 32.2. The molecule has 1 N–H and O–H groups in total. The second-order valence-electron chi connectivity index (χ2n) is 7.65. The van der Waals surface area contributed by atoms with Gasteiger partial charge in [-0.2, -0.15) is 0 Å². The Morgan fingerprint density at radius 1 is 1.21 bits per heavy atom. The van der Waals surface area contributed by atoms with Gasteiger partial charge in [-0.3, -0.25) is 9.00 Å². The van der Waals surface area contributed by atoms with Crippen LogP contribution in [0.5, 0.6) is 0 Å². The minimum absolute atomic E-state index is 0.238. The van der Waals surface area contributed by atoms with Crippen LogP contribution in [-0.2, 0) is 26.8 Å². The normalized spacial score (nSPS) is 23.1. The molecule has 0 radical (unpaired) electrons. The summed E-state index contributed by atoms with van der Waals surface area (Å²) in [5.41, 5.74) is 2.78. The lowest BCUT2D eigenvalue weighted by Gasteiger charge is -2.24. The van der Waals surface area contributed by atoms with E-state index in [4.69, 9.17) is 4.74 Å². The number of hydrogen-bond donors (Lipinski definition) is 1. The number of amides is 1. The molecule has 2 aromatic rings. The summed E-state index contributed by atoms with van der Waals surface area (Å²) in [6, 6.07) is 13.5. The first-order valence-electron chi connectivity index (χ1n) is 9.60. The van der Waals surface area contributed by atoms with Crippen LogP contribution in [0.1, 0.15) is 40.9 Å². The van der Waals surface area contributed by atoms with Gasteiger partial charge >= 0.3 is 0 Å². The summed E-state index contributed by atoms with van der Waals surface area (Å²) in [6.45, 7) is 0.517. The van der Waals surface area contributed by atoms with E-state index in [9.17, 15) is 13.4 Å². The zero-order chi connectivity index (χ0) is 19.7. The number of hydrogen-bond acceptors (Lipinski definition) is 3. The number of carbonyl (C=O) groups is 1. The van der Waals surface area contributed by atoms with Crippen molar-refractivity contribution in [3.8, 4) is 0 Å². The summed E-state index contributed by atoms with van der Waals surface area (Å²) in [7, 11) is -1.12. The third-order valence-electron chi connectivity index (χ3n) is 5.46. The molecule has 2 aliphatic rings. The summed E-state index contributed by atoms with van der Waals surface area (Å²) < 4.78 is 31.6. The van der Waals surface area contributed by atoms with Gasteiger partial charge in [0, 0.05) is 17.1 Å². The zero-order valence-electron chi connectivity index (χ0n) is 15.8. The van der Waals surface area contributed by atoms with E-state index in [1.807, 2.05) is 24.3 Å². The van der Waals surface area contributed by atoms with Crippen molar-refractivity contribution in [3.63, 3.8) is 0 Å². The van der Waals surface area contributed by atoms with Gasteiger partial charge in [-0.25, -0.2) is 4.39 Å². The van der Waals surface area contributed by atoms with Gasteiger partial charge < -0.3 is 10.1 Å². The van der Waals surface area contributed by atoms with Gasteiger partial charge in [0.05, 0.1) is 17.9 Å². The minimum atomic E-state index is -1.12. The van der Waals surface area contributed by atoms with Crippen LogP contribution in [-0.4, -0.2) is 29.0 Å². The molecule has 1 amide bonds. The van der Waals surface area contributed by atoms with Crippen LogP contribution in [0.2, 0.25) is 0 Å². The minimum Gasteiger partial charge on any atom is -0.363 e. The van der Waals surface area contributed by atoms with Gasteiger partial charge in [-0.1, -0.05) is 36.4 Å². The molecule has 2 aliphatic carbocycles. The lowest BCUT2D eigenvalue weighted by atomic mass is 10.1. The Hall–Kier alpha value is -2.05. The molecule has 6 heteroatoms. The standard InChI is InChI=1S/C22H24FNO3S/c1-28(26)21-18-5-3-2-4-16(18)12-19(21)24-22(25)20(27-13-14-6-7-14)15-8-10-17(23)11-9-15/h2-5,8-11,14,19-21H,6-7,12-13H2,1H3,(H,24,25). The second-order valence-corrected chi connectivity index (χ2v) is 9.15. The van der Waals surface area contributed by atoms with E-state index in [0.717, 1.165) is 24.0 Å². The van der Waals surface area contributed by atoms with E-state index in [1.54, 1.807) is 18.4 Å². The van der Waals surface area contributed by atoms with Crippen molar-refractivity contribution in [2.75, 3.05) is 12.9 Å². The van der Waals surface area contributed by atoms with Crippen LogP contribution < -0.4 is 5.32 Å². The van der Waals surface area contributed by atoms with E-state index >= 15 is 0 Å². The van der Waals surface area contributed by atoms with Crippen LogP contribution in [0.4, 0.5) is 4.39 Å². The van der Waals surface area contributed by atoms with Gasteiger partial charge in [0.15, 0.2) is 6.10 Å². The van der Waals surface area contributed by atoms with Crippen LogP contribution in [0.3, 0.4) is 0 Å². The average molecular weight is 402 g/mol. The molecule has 0 bridgehead atoms. The first-order chi connectivity index (χ1) is 13.5. The molecule has 4 atom stereocenters. The predicted molar refractivity (Wildman–Crippen MR) is 107 cm³/mol. The largest absolute Gasteiger partial charge is 0.363 e. The zero-order valence-corrected chi connectivity index (χ0v) is 16.6. The molecular weight excluding hydrogens is 377 g/mol. The average Bonchev–Trinajstić information content (AvgIpc) is 3.42. The van der Waals surface area contributed by atoms with Crippen LogP contribution in [0.25, 0.3) is 0 Å². The fourth-order valence-electron chi connectivity index (χ4n) is 3.83. The van der Waals surface area contributed by atoms with Gasteiger partial charge in [0.1, 0.15) is 5.82 Å². The van der Waals surface area contributed by atoms with E-state index in [0.29, 0.717) is 24.5 Å². The number of benzene rings is 2. The Morgan fingerprint density at radius 3 is 2.61 bits per heavy atom. The lowest BCUT2D eigenvalue weighted by Crippen LogP contribution is -2.42. The Balaban J connectivity index is 1.53. The number of rotatable bonds is 7. The molecule has 4 unspecified atom stereocenters. The Morgan fingerprint density at radius 2 is 1.93 bits per heavy atom. The van der Waals surface area contributed by atoms with E-state index in [1.165, 1.54) is 12.1 Å². The van der Waals surface area contributed by atoms with Crippen LogP contribution in [0, 0.1) is 11.7 Å². The maximum absolute atomic E-state index is 13.3. The maximum Gasteiger partial charge on any atom is 0.254 e. The van der Waals surface area contributed by atoms with Gasteiger partial charge in [0.2, 0.25) is 0 Å². The van der Waals surface area contributed by atoms with Crippen molar-refractivity contribution in [1.29, 1.82) is 0 Å². The van der Waals surface area contributed by atoms with Crippen LogP contribution >= 0.6 is 0 Å². The van der Waals surface area contributed by atoms with Crippen molar-refractivity contribution >= 4 is 16.7 Å². The van der Waals surface area contributed by atoms with Crippen molar-refractivity contribution < 1.29 is 18.1 Å². The molecule has 4 nitrogen and oxygen atoms in total. The third kappa shape index (κ3) is 4.18. The Bertz CT molecular complexity index is 882. The molecule has 1 saturated carbocycles. The summed E-state index contributed by atoms with van der Waals surface area (Å²) in [5.74, 6) is -0.110. The Kier molecular flexibility index (Phi) is 5.60. The number of nitrogens with one attached hydrogen (secondary N) is 1. The van der Waals surface area contributed by atoms with Crippen molar-refractivity contribution in [3.05, 3.63) is 71.0 Å². The fourth-order valence-corrected chi connectivity index (χ4v) is 5.05. The summed E-state index contributed by atoms with van der Waals surface area (Å²) in [5, 5.41) is 2.83. The number of halogens is 1. The molecule has 1 fully saturated rings. The molecule has 0 aliphatic heterocycles. The van der Waals surface area contributed by atoms with Gasteiger partial charge in [0.25, 0.3) is 5.91 Å². The fraction of sp³-hybridized carbons (Fsp3) is 0.409. The molecule has 28 heavy (non-hydrogen) atoms. The van der Waals surface area contributed by atoms with Crippen molar-refractivity contribution in [1.82, 2.24) is 5.32 Å².